The van der Waals surface area contributed by atoms with Crippen LogP contribution in [0.5, 0.6) is 0 Å². The first-order chi connectivity index (χ1) is 13.2. The van der Waals surface area contributed by atoms with Crippen molar-refractivity contribution in [2.75, 3.05) is 18.0 Å². The zero-order chi connectivity index (χ0) is 18.6. The van der Waals surface area contributed by atoms with E-state index in [9.17, 15) is 0 Å². The molecular weight excluding hydrogens is 354 g/mol. The number of thiophene rings is 1. The van der Waals surface area contributed by atoms with E-state index in [1.807, 2.05) is 13.1 Å². The normalized spacial score (nSPS) is 15.1. The smallest absolute Gasteiger partial charge is 0.128 e. The second-order valence-corrected chi connectivity index (χ2v) is 7.59. The van der Waals surface area contributed by atoms with Crippen molar-refractivity contribution >= 4 is 46.0 Å². The third-order valence-electron chi connectivity index (χ3n) is 4.66. The Morgan fingerprint density at radius 1 is 1.22 bits per heavy atom. The quantitative estimate of drug-likeness (QED) is 0.463. The highest BCUT2D eigenvalue weighted by atomic mass is 32.1. The van der Waals surface area contributed by atoms with Crippen LogP contribution in [0, 0.1) is 0 Å². The molecule has 1 aliphatic rings. The minimum atomic E-state index is 0.951. The number of hydrogen-bond donors (Lipinski definition) is 0. The van der Waals surface area contributed by atoms with Gasteiger partial charge in [0.1, 0.15) is 17.0 Å². The molecule has 0 unspecified atom stereocenters. The lowest BCUT2D eigenvalue weighted by Crippen LogP contribution is -2.18. The van der Waals surface area contributed by atoms with Crippen LogP contribution in [0.4, 0.5) is 5.82 Å². The van der Waals surface area contributed by atoms with Gasteiger partial charge in [-0.3, -0.25) is 4.99 Å². The summed E-state index contributed by atoms with van der Waals surface area (Å²) >= 11 is 1.67. The molecule has 0 atom stereocenters. The standard InChI is InChI=1S/C21H21N5S/c1-15(12-23-14-22-2)19-11-16-5-7-18(25-21(16)27-19)17-6-8-20(24-13-17)26-9-3-4-10-26/h5-8,11-14H,2-4,9-10H2,1H3/b15-12+,23-14?. The van der Waals surface area contributed by atoms with Gasteiger partial charge in [0.2, 0.25) is 0 Å². The molecule has 1 fully saturated rings. The van der Waals surface area contributed by atoms with E-state index in [4.69, 9.17) is 4.98 Å². The Morgan fingerprint density at radius 3 is 2.81 bits per heavy atom. The number of rotatable bonds is 5. The second kappa shape index (κ2) is 7.80. The lowest BCUT2D eigenvalue weighted by molar-refractivity contribution is 0.938. The highest BCUT2D eigenvalue weighted by Gasteiger charge is 2.13. The molecule has 1 aliphatic heterocycles. The Morgan fingerprint density at radius 2 is 2.07 bits per heavy atom. The van der Waals surface area contributed by atoms with E-state index in [0.29, 0.717) is 0 Å². The van der Waals surface area contributed by atoms with Crippen molar-refractivity contribution in [2.24, 2.45) is 9.98 Å². The van der Waals surface area contributed by atoms with Gasteiger partial charge in [-0.05, 0) is 62.4 Å². The Kier molecular flexibility index (Phi) is 5.07. The minimum Gasteiger partial charge on any atom is -0.357 e. The molecule has 4 rings (SSSR count). The lowest BCUT2D eigenvalue weighted by Gasteiger charge is -2.16. The van der Waals surface area contributed by atoms with Crippen LogP contribution in [0.25, 0.3) is 27.0 Å². The van der Waals surface area contributed by atoms with Gasteiger partial charge in [-0.25, -0.2) is 15.0 Å². The van der Waals surface area contributed by atoms with Gasteiger partial charge in [-0.15, -0.1) is 11.3 Å². The van der Waals surface area contributed by atoms with E-state index in [1.54, 1.807) is 17.5 Å². The maximum Gasteiger partial charge on any atom is 0.128 e. The van der Waals surface area contributed by atoms with Crippen LogP contribution >= 0.6 is 11.3 Å². The van der Waals surface area contributed by atoms with Crippen LogP contribution in [0.2, 0.25) is 0 Å². The molecule has 0 radical (unpaired) electrons. The minimum absolute atomic E-state index is 0.951. The summed E-state index contributed by atoms with van der Waals surface area (Å²) in [5, 5.41) is 1.14. The Labute approximate surface area is 162 Å². The largest absolute Gasteiger partial charge is 0.357 e. The van der Waals surface area contributed by atoms with E-state index < -0.39 is 0 Å². The predicted molar refractivity (Wildman–Crippen MR) is 116 cm³/mol. The Hall–Kier alpha value is -2.86. The molecule has 0 amide bonds. The van der Waals surface area contributed by atoms with Crippen molar-refractivity contribution in [3.8, 4) is 11.3 Å². The van der Waals surface area contributed by atoms with E-state index in [0.717, 1.165) is 50.8 Å². The van der Waals surface area contributed by atoms with Crippen molar-refractivity contribution in [2.45, 2.75) is 19.8 Å². The number of nitrogens with zero attached hydrogens (tertiary/aromatic N) is 5. The van der Waals surface area contributed by atoms with Crippen LogP contribution in [-0.2, 0) is 0 Å². The van der Waals surface area contributed by atoms with Crippen molar-refractivity contribution < 1.29 is 0 Å². The first kappa shape index (κ1) is 17.5. The molecule has 136 valence electrons. The average molecular weight is 376 g/mol. The molecule has 4 heterocycles. The Balaban J connectivity index is 1.60. The van der Waals surface area contributed by atoms with Crippen molar-refractivity contribution in [3.63, 3.8) is 0 Å². The Bertz CT molecular complexity index is 1010. The van der Waals surface area contributed by atoms with Crippen LogP contribution in [-0.4, -0.2) is 36.1 Å². The molecule has 0 aliphatic carbocycles. The third-order valence-corrected chi connectivity index (χ3v) is 5.84. The summed E-state index contributed by atoms with van der Waals surface area (Å²) in [5.41, 5.74) is 3.08. The fraction of sp³-hybridized carbons (Fsp3) is 0.238. The number of aromatic nitrogens is 2. The summed E-state index contributed by atoms with van der Waals surface area (Å²) in [6.07, 6.45) is 7.67. The van der Waals surface area contributed by atoms with Crippen LogP contribution in [0.15, 0.2) is 52.7 Å². The van der Waals surface area contributed by atoms with Crippen molar-refractivity contribution in [1.82, 2.24) is 9.97 Å². The fourth-order valence-corrected chi connectivity index (χ4v) is 4.20. The molecule has 27 heavy (non-hydrogen) atoms. The molecule has 0 saturated carbocycles. The fourth-order valence-electron chi connectivity index (χ4n) is 3.20. The predicted octanol–water partition coefficient (Wildman–Crippen LogP) is 5.05. The topological polar surface area (TPSA) is 53.7 Å². The monoisotopic (exact) mass is 375 g/mol. The summed E-state index contributed by atoms with van der Waals surface area (Å²) in [7, 11) is 0. The second-order valence-electron chi connectivity index (χ2n) is 6.56. The summed E-state index contributed by atoms with van der Waals surface area (Å²) in [4.78, 5) is 21.7. The van der Waals surface area contributed by atoms with Gasteiger partial charge in [-0.2, -0.15) is 0 Å². The molecule has 0 bridgehead atoms. The van der Waals surface area contributed by atoms with E-state index in [-0.39, 0.29) is 0 Å². The van der Waals surface area contributed by atoms with E-state index >= 15 is 0 Å². The molecule has 1 saturated heterocycles. The first-order valence-electron chi connectivity index (χ1n) is 9.01. The number of allylic oxidation sites excluding steroid dienone is 1. The third kappa shape index (κ3) is 3.80. The number of aliphatic imine (C=N–C) groups is 2. The van der Waals surface area contributed by atoms with E-state index in [1.165, 1.54) is 19.2 Å². The molecule has 5 nitrogen and oxygen atoms in total. The number of hydrogen-bond acceptors (Lipinski definition) is 5. The zero-order valence-corrected chi connectivity index (χ0v) is 16.1. The van der Waals surface area contributed by atoms with Gasteiger partial charge in [-0.1, -0.05) is 0 Å². The van der Waals surface area contributed by atoms with Gasteiger partial charge < -0.3 is 4.90 Å². The molecule has 3 aromatic heterocycles. The first-order valence-corrected chi connectivity index (χ1v) is 9.83. The highest BCUT2D eigenvalue weighted by Crippen LogP contribution is 2.31. The van der Waals surface area contributed by atoms with E-state index in [2.05, 4.69) is 56.9 Å². The number of fused-ring (bicyclic) bond motifs is 1. The number of anilines is 1. The van der Waals surface area contributed by atoms with Gasteiger partial charge >= 0.3 is 0 Å². The van der Waals surface area contributed by atoms with Crippen molar-refractivity contribution in [1.29, 1.82) is 0 Å². The maximum absolute atomic E-state index is 4.84. The van der Waals surface area contributed by atoms with Gasteiger partial charge in [0.25, 0.3) is 0 Å². The van der Waals surface area contributed by atoms with Crippen LogP contribution in [0.1, 0.15) is 24.6 Å². The number of pyridine rings is 2. The highest BCUT2D eigenvalue weighted by molar-refractivity contribution is 7.19. The lowest BCUT2D eigenvalue weighted by atomic mass is 10.1. The summed E-state index contributed by atoms with van der Waals surface area (Å²) in [6, 6.07) is 10.5. The summed E-state index contributed by atoms with van der Waals surface area (Å²) < 4.78 is 0. The molecule has 0 aromatic carbocycles. The van der Waals surface area contributed by atoms with Crippen LogP contribution in [0.3, 0.4) is 0 Å². The zero-order valence-electron chi connectivity index (χ0n) is 15.3. The maximum atomic E-state index is 4.84. The SMILES string of the molecule is C=NC=N/C=C(\C)c1cc2ccc(-c3ccc(N4CCCC4)nc3)nc2s1. The average Bonchev–Trinajstić information content (AvgIpc) is 3.37. The summed E-state index contributed by atoms with van der Waals surface area (Å²) in [5.74, 6) is 1.06. The van der Waals surface area contributed by atoms with Crippen LogP contribution < -0.4 is 4.90 Å². The molecule has 0 N–H and O–H groups in total. The van der Waals surface area contributed by atoms with Gasteiger partial charge in [0, 0.05) is 41.3 Å². The van der Waals surface area contributed by atoms with Gasteiger partial charge in [0.15, 0.2) is 0 Å². The molecule has 3 aromatic rings. The summed E-state index contributed by atoms with van der Waals surface area (Å²) in [6.45, 7) is 7.63. The van der Waals surface area contributed by atoms with Gasteiger partial charge in [0.05, 0.1) is 5.69 Å². The molecule has 0 spiro atoms. The molecule has 6 heteroatoms. The molecular formula is C21H21N5S. The van der Waals surface area contributed by atoms with Crippen molar-refractivity contribution in [3.05, 3.63) is 47.6 Å².